The number of carboxylic acid groups (broad SMARTS) is 1. The van der Waals surface area contributed by atoms with Crippen molar-refractivity contribution in [2.24, 2.45) is 0 Å². The van der Waals surface area contributed by atoms with Crippen LogP contribution in [0, 0.1) is 0 Å². The van der Waals surface area contributed by atoms with E-state index in [2.05, 4.69) is 5.32 Å². The lowest BCUT2D eigenvalue weighted by Gasteiger charge is -2.14. The minimum Gasteiger partial charge on any atom is -0.480 e. The Morgan fingerprint density at radius 3 is 2.40 bits per heavy atom. The highest BCUT2D eigenvalue weighted by molar-refractivity contribution is 7.50. The van der Waals surface area contributed by atoms with Gasteiger partial charge in [-0.25, -0.2) is 4.79 Å². The molecular weight excluding hydrogens is 285 g/mol. The zero-order chi connectivity index (χ0) is 15.3. The third-order valence-corrected chi connectivity index (χ3v) is 3.27. The second kappa shape index (κ2) is 6.65. The molecule has 0 aliphatic rings. The van der Waals surface area contributed by atoms with Crippen LogP contribution < -0.4 is 5.32 Å². The summed E-state index contributed by atoms with van der Waals surface area (Å²) in [6.45, 7) is 1.22. The molecule has 1 aromatic rings. The highest BCUT2D eigenvalue weighted by atomic mass is 31.2. The van der Waals surface area contributed by atoms with Gasteiger partial charge in [-0.2, -0.15) is 0 Å². The SMILES string of the molecule is CC(=O)NC(Cc1cccc(CP(=O)(O)O)c1)C(=O)O. The van der Waals surface area contributed by atoms with Gasteiger partial charge < -0.3 is 20.2 Å². The van der Waals surface area contributed by atoms with Crippen molar-refractivity contribution in [3.8, 4) is 0 Å². The largest absolute Gasteiger partial charge is 0.480 e. The predicted octanol–water partition coefficient (Wildman–Crippen LogP) is 0.496. The third-order valence-electron chi connectivity index (χ3n) is 2.50. The molecule has 20 heavy (non-hydrogen) atoms. The van der Waals surface area contributed by atoms with Crippen molar-refractivity contribution < 1.29 is 29.0 Å². The molecule has 7 nitrogen and oxygen atoms in total. The Morgan fingerprint density at radius 1 is 1.30 bits per heavy atom. The van der Waals surface area contributed by atoms with Crippen LogP contribution in [0.2, 0.25) is 0 Å². The van der Waals surface area contributed by atoms with Gasteiger partial charge in [-0.05, 0) is 11.1 Å². The minimum atomic E-state index is -4.17. The fourth-order valence-corrected chi connectivity index (χ4v) is 2.45. The monoisotopic (exact) mass is 301 g/mol. The number of hydrogen-bond acceptors (Lipinski definition) is 3. The zero-order valence-electron chi connectivity index (χ0n) is 10.8. The first-order valence-electron chi connectivity index (χ1n) is 5.79. The van der Waals surface area contributed by atoms with Crippen LogP contribution in [-0.4, -0.2) is 32.8 Å². The average molecular weight is 301 g/mol. The first-order valence-corrected chi connectivity index (χ1v) is 7.59. The Balaban J connectivity index is 2.85. The topological polar surface area (TPSA) is 124 Å². The van der Waals surface area contributed by atoms with Crippen LogP contribution in [0.15, 0.2) is 24.3 Å². The van der Waals surface area contributed by atoms with E-state index in [1.165, 1.54) is 13.0 Å². The minimum absolute atomic E-state index is 0.0455. The van der Waals surface area contributed by atoms with Gasteiger partial charge in [-0.15, -0.1) is 0 Å². The fourth-order valence-electron chi connectivity index (χ4n) is 1.77. The number of carboxylic acids is 1. The molecule has 0 saturated carbocycles. The summed E-state index contributed by atoms with van der Waals surface area (Å²) in [4.78, 5) is 39.8. The van der Waals surface area contributed by atoms with Crippen LogP contribution in [0.4, 0.5) is 0 Å². The van der Waals surface area contributed by atoms with Gasteiger partial charge in [0.1, 0.15) is 6.04 Å². The molecule has 1 amide bonds. The Bertz CT molecular complexity index is 553. The molecule has 8 heteroatoms. The van der Waals surface area contributed by atoms with Gasteiger partial charge in [0.15, 0.2) is 0 Å². The Morgan fingerprint density at radius 2 is 1.90 bits per heavy atom. The Hall–Kier alpha value is -1.69. The normalized spacial score (nSPS) is 12.8. The molecule has 0 spiro atoms. The number of benzene rings is 1. The van der Waals surface area contributed by atoms with E-state index in [4.69, 9.17) is 14.9 Å². The van der Waals surface area contributed by atoms with Gasteiger partial charge in [0.25, 0.3) is 0 Å². The summed E-state index contributed by atoms with van der Waals surface area (Å²) in [6, 6.07) is 5.24. The van der Waals surface area contributed by atoms with Crippen molar-refractivity contribution in [2.75, 3.05) is 0 Å². The quantitative estimate of drug-likeness (QED) is 0.567. The summed E-state index contributed by atoms with van der Waals surface area (Å²) in [5.41, 5.74) is 1.000. The Kier molecular flexibility index (Phi) is 5.44. The van der Waals surface area contributed by atoms with Crippen molar-refractivity contribution in [3.63, 3.8) is 0 Å². The van der Waals surface area contributed by atoms with E-state index in [0.29, 0.717) is 11.1 Å². The van der Waals surface area contributed by atoms with Crippen molar-refractivity contribution in [1.82, 2.24) is 5.32 Å². The average Bonchev–Trinajstić information content (AvgIpc) is 2.25. The number of amides is 1. The van der Waals surface area contributed by atoms with E-state index in [1.54, 1.807) is 18.2 Å². The molecule has 0 radical (unpaired) electrons. The third kappa shape index (κ3) is 5.97. The molecular formula is C12H16NO6P. The molecule has 1 unspecified atom stereocenters. The molecule has 0 aromatic heterocycles. The number of carbonyl (C=O) groups is 2. The van der Waals surface area contributed by atoms with Crippen LogP contribution in [-0.2, 0) is 26.7 Å². The first-order chi connectivity index (χ1) is 9.17. The molecule has 0 fully saturated rings. The number of aliphatic carboxylic acids is 1. The fraction of sp³-hybridized carbons (Fsp3) is 0.333. The maximum Gasteiger partial charge on any atom is 0.329 e. The van der Waals surface area contributed by atoms with E-state index < -0.39 is 31.7 Å². The highest BCUT2D eigenvalue weighted by Gasteiger charge is 2.19. The van der Waals surface area contributed by atoms with E-state index in [0.717, 1.165) is 0 Å². The van der Waals surface area contributed by atoms with Gasteiger partial charge in [0, 0.05) is 13.3 Å². The molecule has 1 atom stereocenters. The van der Waals surface area contributed by atoms with Crippen molar-refractivity contribution in [2.45, 2.75) is 25.5 Å². The molecule has 0 aliphatic carbocycles. The van der Waals surface area contributed by atoms with Crippen molar-refractivity contribution in [3.05, 3.63) is 35.4 Å². The molecule has 0 bridgehead atoms. The lowest BCUT2D eigenvalue weighted by molar-refractivity contribution is -0.141. The van der Waals surface area contributed by atoms with Crippen LogP contribution in [0.25, 0.3) is 0 Å². The molecule has 1 rings (SSSR count). The van der Waals surface area contributed by atoms with Crippen LogP contribution in [0.1, 0.15) is 18.1 Å². The van der Waals surface area contributed by atoms with E-state index in [-0.39, 0.29) is 6.42 Å². The van der Waals surface area contributed by atoms with Gasteiger partial charge in [-0.3, -0.25) is 9.36 Å². The van der Waals surface area contributed by atoms with Crippen LogP contribution in [0.5, 0.6) is 0 Å². The smallest absolute Gasteiger partial charge is 0.329 e. The maximum atomic E-state index is 11.0. The zero-order valence-corrected chi connectivity index (χ0v) is 11.7. The molecule has 110 valence electrons. The molecule has 0 aliphatic heterocycles. The second-order valence-electron chi connectivity index (χ2n) is 4.44. The second-order valence-corrected chi connectivity index (χ2v) is 6.08. The van der Waals surface area contributed by atoms with Crippen LogP contribution >= 0.6 is 7.60 Å². The summed E-state index contributed by atoms with van der Waals surface area (Å²) in [5, 5.41) is 11.3. The standard InChI is InChI=1S/C12H16NO6P/c1-8(14)13-11(12(15)16)6-9-3-2-4-10(5-9)7-20(17,18)19/h2-5,11H,6-7H2,1H3,(H,13,14)(H,15,16)(H2,17,18,19). The summed E-state index contributed by atoms with van der Waals surface area (Å²) < 4.78 is 10.9. The van der Waals surface area contributed by atoms with Crippen molar-refractivity contribution >= 4 is 19.5 Å². The van der Waals surface area contributed by atoms with Gasteiger partial charge in [0.2, 0.25) is 5.91 Å². The number of hydrogen-bond donors (Lipinski definition) is 4. The summed E-state index contributed by atoms with van der Waals surface area (Å²) in [6.07, 6.45) is -0.359. The summed E-state index contributed by atoms with van der Waals surface area (Å²) >= 11 is 0. The molecule has 1 aromatic carbocycles. The van der Waals surface area contributed by atoms with Crippen molar-refractivity contribution in [1.29, 1.82) is 0 Å². The number of carbonyl (C=O) groups excluding carboxylic acids is 1. The lowest BCUT2D eigenvalue weighted by Crippen LogP contribution is -2.41. The predicted molar refractivity (Wildman–Crippen MR) is 71.1 cm³/mol. The Labute approximate surface area is 115 Å². The van der Waals surface area contributed by atoms with Gasteiger partial charge in [-0.1, -0.05) is 24.3 Å². The maximum absolute atomic E-state index is 11.0. The highest BCUT2D eigenvalue weighted by Crippen LogP contribution is 2.39. The molecule has 0 saturated heterocycles. The van der Waals surface area contributed by atoms with Gasteiger partial charge >= 0.3 is 13.6 Å². The van der Waals surface area contributed by atoms with E-state index >= 15 is 0 Å². The molecule has 0 heterocycles. The number of nitrogens with one attached hydrogen (secondary N) is 1. The van der Waals surface area contributed by atoms with Crippen LogP contribution in [0.3, 0.4) is 0 Å². The van der Waals surface area contributed by atoms with E-state index in [1.807, 2.05) is 0 Å². The lowest BCUT2D eigenvalue weighted by atomic mass is 10.0. The first kappa shape index (κ1) is 16.4. The van der Waals surface area contributed by atoms with Gasteiger partial charge in [0.05, 0.1) is 6.16 Å². The molecule has 4 N–H and O–H groups in total. The summed E-state index contributed by atoms with van der Waals surface area (Å²) in [7, 11) is -4.17. The number of rotatable bonds is 6. The summed E-state index contributed by atoms with van der Waals surface area (Å²) in [5.74, 6) is -1.62. The van der Waals surface area contributed by atoms with E-state index in [9.17, 15) is 14.2 Å².